The van der Waals surface area contributed by atoms with Crippen LogP contribution in [-0.4, -0.2) is 27.2 Å². The summed E-state index contributed by atoms with van der Waals surface area (Å²) in [6.45, 7) is 7.84. The maximum atomic E-state index is 12.4. The highest BCUT2D eigenvalue weighted by Gasteiger charge is 2.15. The van der Waals surface area contributed by atoms with Crippen LogP contribution < -0.4 is 10.1 Å². The standard InChI is InChI=1S/C21H24N4O2/c1-13(2)17-6-5-7-19(12-17)27-14(3)21(26)23-18-10-8-16(9-11-18)20-22-15(4)24-25-20/h5-14H,1-4H3,(H,23,26)(H,22,24,25). The predicted molar refractivity (Wildman–Crippen MR) is 106 cm³/mol. The van der Waals surface area contributed by atoms with E-state index in [2.05, 4.69) is 40.4 Å². The van der Waals surface area contributed by atoms with Gasteiger partial charge in [-0.2, -0.15) is 5.10 Å². The first kappa shape index (κ1) is 18.6. The highest BCUT2D eigenvalue weighted by Crippen LogP contribution is 2.22. The Kier molecular flexibility index (Phi) is 5.54. The van der Waals surface area contributed by atoms with E-state index in [1.807, 2.05) is 49.4 Å². The lowest BCUT2D eigenvalue weighted by molar-refractivity contribution is -0.122. The summed E-state index contributed by atoms with van der Waals surface area (Å²) >= 11 is 0. The molecule has 0 saturated heterocycles. The van der Waals surface area contributed by atoms with Gasteiger partial charge in [-0.1, -0.05) is 26.0 Å². The number of ether oxygens (including phenoxy) is 1. The molecule has 3 aromatic rings. The van der Waals surface area contributed by atoms with Crippen molar-refractivity contribution in [3.8, 4) is 17.1 Å². The second-order valence-corrected chi connectivity index (χ2v) is 6.80. The molecule has 0 radical (unpaired) electrons. The van der Waals surface area contributed by atoms with Gasteiger partial charge in [0, 0.05) is 11.3 Å². The summed E-state index contributed by atoms with van der Waals surface area (Å²) in [4.78, 5) is 16.7. The fraction of sp³-hybridized carbons (Fsp3) is 0.286. The predicted octanol–water partition coefficient (Wildman–Crippen LogP) is 4.31. The Hall–Kier alpha value is -3.15. The zero-order chi connectivity index (χ0) is 19.4. The first-order valence-electron chi connectivity index (χ1n) is 8.99. The summed E-state index contributed by atoms with van der Waals surface area (Å²) in [5.74, 6) is 2.29. The summed E-state index contributed by atoms with van der Waals surface area (Å²) in [7, 11) is 0. The maximum absolute atomic E-state index is 12.4. The number of carbonyl (C=O) groups excluding carboxylic acids is 1. The van der Waals surface area contributed by atoms with Gasteiger partial charge in [-0.05, 0) is 61.7 Å². The smallest absolute Gasteiger partial charge is 0.265 e. The zero-order valence-corrected chi connectivity index (χ0v) is 16.0. The molecule has 0 bridgehead atoms. The Bertz CT molecular complexity index is 916. The van der Waals surface area contributed by atoms with E-state index >= 15 is 0 Å². The molecule has 1 atom stereocenters. The Morgan fingerprint density at radius 2 is 1.85 bits per heavy atom. The number of hydrogen-bond donors (Lipinski definition) is 2. The van der Waals surface area contributed by atoms with E-state index in [-0.39, 0.29) is 5.91 Å². The van der Waals surface area contributed by atoms with E-state index in [0.29, 0.717) is 23.2 Å². The van der Waals surface area contributed by atoms with Gasteiger partial charge in [-0.3, -0.25) is 9.89 Å². The van der Waals surface area contributed by atoms with E-state index in [9.17, 15) is 4.79 Å². The van der Waals surface area contributed by atoms with Crippen molar-refractivity contribution in [2.75, 3.05) is 5.32 Å². The first-order chi connectivity index (χ1) is 12.9. The van der Waals surface area contributed by atoms with Crippen LogP contribution in [0.5, 0.6) is 5.75 Å². The van der Waals surface area contributed by atoms with Gasteiger partial charge in [0.25, 0.3) is 5.91 Å². The van der Waals surface area contributed by atoms with Gasteiger partial charge < -0.3 is 10.1 Å². The van der Waals surface area contributed by atoms with Gasteiger partial charge in [0.05, 0.1) is 0 Å². The summed E-state index contributed by atoms with van der Waals surface area (Å²) in [6, 6.07) is 15.2. The molecule has 0 aliphatic rings. The van der Waals surface area contributed by atoms with E-state index in [1.165, 1.54) is 5.56 Å². The number of benzene rings is 2. The quantitative estimate of drug-likeness (QED) is 0.683. The highest BCUT2D eigenvalue weighted by atomic mass is 16.5. The zero-order valence-electron chi connectivity index (χ0n) is 16.0. The summed E-state index contributed by atoms with van der Waals surface area (Å²) in [5.41, 5.74) is 2.76. The third-order valence-electron chi connectivity index (χ3n) is 4.21. The number of aromatic amines is 1. The van der Waals surface area contributed by atoms with Gasteiger partial charge >= 0.3 is 0 Å². The molecule has 0 fully saturated rings. The number of amides is 1. The van der Waals surface area contributed by atoms with Crippen LogP contribution in [0.2, 0.25) is 0 Å². The van der Waals surface area contributed by atoms with Crippen molar-refractivity contribution >= 4 is 11.6 Å². The van der Waals surface area contributed by atoms with Crippen LogP contribution in [0.3, 0.4) is 0 Å². The molecule has 0 saturated carbocycles. The Labute approximate surface area is 159 Å². The number of H-pyrrole nitrogens is 1. The molecule has 1 unspecified atom stereocenters. The minimum Gasteiger partial charge on any atom is -0.481 e. The number of anilines is 1. The van der Waals surface area contributed by atoms with Crippen molar-refractivity contribution < 1.29 is 9.53 Å². The average Bonchev–Trinajstić information content (AvgIpc) is 3.09. The molecule has 3 rings (SSSR count). The molecule has 140 valence electrons. The van der Waals surface area contributed by atoms with Crippen LogP contribution in [-0.2, 0) is 4.79 Å². The fourth-order valence-electron chi connectivity index (χ4n) is 2.62. The van der Waals surface area contributed by atoms with Crippen molar-refractivity contribution in [2.45, 2.75) is 39.7 Å². The van der Waals surface area contributed by atoms with Crippen LogP contribution in [0.15, 0.2) is 48.5 Å². The molecule has 1 aromatic heterocycles. The van der Waals surface area contributed by atoms with Gasteiger partial charge in [0.1, 0.15) is 11.6 Å². The summed E-state index contributed by atoms with van der Waals surface area (Å²) < 4.78 is 5.80. The van der Waals surface area contributed by atoms with E-state index in [4.69, 9.17) is 4.74 Å². The number of rotatable bonds is 6. The lowest BCUT2D eigenvalue weighted by Gasteiger charge is -2.16. The van der Waals surface area contributed by atoms with Gasteiger partial charge in [0.15, 0.2) is 11.9 Å². The third kappa shape index (κ3) is 4.73. The lowest BCUT2D eigenvalue weighted by atomic mass is 10.0. The van der Waals surface area contributed by atoms with Crippen LogP contribution in [0, 0.1) is 6.92 Å². The van der Waals surface area contributed by atoms with Crippen molar-refractivity contribution in [2.24, 2.45) is 0 Å². The minimum absolute atomic E-state index is 0.202. The van der Waals surface area contributed by atoms with E-state index in [1.54, 1.807) is 6.92 Å². The van der Waals surface area contributed by atoms with Gasteiger partial charge in [-0.15, -0.1) is 0 Å². The number of nitrogens with zero attached hydrogens (tertiary/aromatic N) is 2. The molecule has 2 N–H and O–H groups in total. The van der Waals surface area contributed by atoms with Gasteiger partial charge in [-0.25, -0.2) is 4.98 Å². The van der Waals surface area contributed by atoms with Crippen LogP contribution in [0.1, 0.15) is 38.1 Å². The van der Waals surface area contributed by atoms with Crippen LogP contribution >= 0.6 is 0 Å². The maximum Gasteiger partial charge on any atom is 0.265 e. The molecule has 27 heavy (non-hydrogen) atoms. The topological polar surface area (TPSA) is 79.9 Å². The highest BCUT2D eigenvalue weighted by molar-refractivity contribution is 5.94. The monoisotopic (exact) mass is 364 g/mol. The Morgan fingerprint density at radius 3 is 2.48 bits per heavy atom. The number of hydrogen-bond acceptors (Lipinski definition) is 4. The van der Waals surface area contributed by atoms with Crippen LogP contribution in [0.4, 0.5) is 5.69 Å². The molecule has 2 aromatic carbocycles. The molecule has 6 heteroatoms. The lowest BCUT2D eigenvalue weighted by Crippen LogP contribution is -2.30. The average molecular weight is 364 g/mol. The molecule has 0 aliphatic heterocycles. The van der Waals surface area contributed by atoms with Gasteiger partial charge in [0.2, 0.25) is 0 Å². The van der Waals surface area contributed by atoms with E-state index < -0.39 is 6.10 Å². The molecular weight excluding hydrogens is 340 g/mol. The molecular formula is C21H24N4O2. The normalized spacial score (nSPS) is 12.0. The number of carbonyl (C=O) groups is 1. The number of aryl methyl sites for hydroxylation is 1. The van der Waals surface area contributed by atoms with Crippen molar-refractivity contribution in [1.29, 1.82) is 0 Å². The molecule has 0 spiro atoms. The Balaban J connectivity index is 1.62. The summed E-state index contributed by atoms with van der Waals surface area (Å²) in [6.07, 6.45) is -0.609. The second kappa shape index (κ2) is 8.03. The van der Waals surface area contributed by atoms with Crippen molar-refractivity contribution in [3.63, 3.8) is 0 Å². The Morgan fingerprint density at radius 1 is 1.11 bits per heavy atom. The first-order valence-corrected chi connectivity index (χ1v) is 8.99. The molecule has 1 amide bonds. The molecule has 0 aliphatic carbocycles. The largest absolute Gasteiger partial charge is 0.481 e. The third-order valence-corrected chi connectivity index (χ3v) is 4.21. The molecule has 1 heterocycles. The van der Waals surface area contributed by atoms with Crippen molar-refractivity contribution in [1.82, 2.24) is 15.2 Å². The number of aromatic nitrogens is 3. The minimum atomic E-state index is -0.609. The second-order valence-electron chi connectivity index (χ2n) is 6.80. The summed E-state index contributed by atoms with van der Waals surface area (Å²) in [5, 5.41) is 9.81. The molecule has 6 nitrogen and oxygen atoms in total. The van der Waals surface area contributed by atoms with Crippen molar-refractivity contribution in [3.05, 3.63) is 59.9 Å². The van der Waals surface area contributed by atoms with Crippen LogP contribution in [0.25, 0.3) is 11.4 Å². The van der Waals surface area contributed by atoms with E-state index in [0.717, 1.165) is 11.4 Å². The fourth-order valence-corrected chi connectivity index (χ4v) is 2.62. The SMILES string of the molecule is Cc1nc(-c2ccc(NC(=O)C(C)Oc3cccc(C(C)C)c3)cc2)n[nH]1. The number of nitrogens with one attached hydrogen (secondary N) is 2.